The summed E-state index contributed by atoms with van der Waals surface area (Å²) < 4.78 is 5.58. The Bertz CT molecular complexity index is 326. The minimum atomic E-state index is 0. The molecule has 0 saturated carbocycles. The predicted octanol–water partition coefficient (Wildman–Crippen LogP) is 0.595. The molecular formula is C12H11LiO. The molecule has 66 valence electrons. The van der Waals surface area contributed by atoms with Crippen LogP contribution in [-0.2, 0) is 0 Å². The fourth-order valence-electron chi connectivity index (χ4n) is 1.11. The van der Waals surface area contributed by atoms with E-state index in [4.69, 9.17) is 4.74 Å². The zero-order valence-electron chi connectivity index (χ0n) is 9.18. The SMILES string of the molecule is [H-].[Li+].c1ccc(Oc2ccccc2)cc1. The molecule has 0 bridgehead atoms. The molecule has 0 amide bonds. The van der Waals surface area contributed by atoms with Gasteiger partial charge in [0.1, 0.15) is 11.5 Å². The van der Waals surface area contributed by atoms with E-state index in [-0.39, 0.29) is 20.3 Å². The van der Waals surface area contributed by atoms with Crippen molar-refractivity contribution in [3.05, 3.63) is 60.7 Å². The van der Waals surface area contributed by atoms with Gasteiger partial charge < -0.3 is 6.16 Å². The minimum Gasteiger partial charge on any atom is -1.00 e. The van der Waals surface area contributed by atoms with E-state index in [1.165, 1.54) is 0 Å². The first-order valence-corrected chi connectivity index (χ1v) is 4.23. The molecule has 0 radical (unpaired) electrons. The minimum absolute atomic E-state index is 0. The normalized spacial score (nSPS) is 8.86. The van der Waals surface area contributed by atoms with Crippen molar-refractivity contribution in [2.24, 2.45) is 0 Å². The molecule has 0 N–H and O–H groups in total. The number of rotatable bonds is 2. The molecule has 2 rings (SSSR count). The average molecular weight is 178 g/mol. The van der Waals surface area contributed by atoms with Crippen molar-refractivity contribution in [2.75, 3.05) is 0 Å². The maximum atomic E-state index is 5.58. The molecule has 2 aromatic rings. The second kappa shape index (κ2) is 5.54. The van der Waals surface area contributed by atoms with Gasteiger partial charge >= 0.3 is 18.9 Å². The monoisotopic (exact) mass is 178 g/mol. The van der Waals surface area contributed by atoms with E-state index in [0.29, 0.717) is 0 Å². The molecule has 0 aliphatic carbocycles. The van der Waals surface area contributed by atoms with Crippen LogP contribution in [0.25, 0.3) is 0 Å². The molecule has 0 aliphatic heterocycles. The molecule has 0 unspecified atom stereocenters. The molecule has 0 saturated heterocycles. The molecule has 2 heteroatoms. The molecule has 0 heterocycles. The number of para-hydroxylation sites is 2. The largest absolute Gasteiger partial charge is 1.00 e. The van der Waals surface area contributed by atoms with Crippen LogP contribution in [0.1, 0.15) is 1.43 Å². The van der Waals surface area contributed by atoms with Gasteiger partial charge in [-0.15, -0.1) is 0 Å². The quantitative estimate of drug-likeness (QED) is 0.612. The Morgan fingerprint density at radius 3 is 1.36 bits per heavy atom. The van der Waals surface area contributed by atoms with Crippen LogP contribution in [-0.4, -0.2) is 0 Å². The van der Waals surface area contributed by atoms with E-state index >= 15 is 0 Å². The van der Waals surface area contributed by atoms with Gasteiger partial charge in [0.05, 0.1) is 0 Å². The summed E-state index contributed by atoms with van der Waals surface area (Å²) in [6.07, 6.45) is 0. The first-order valence-electron chi connectivity index (χ1n) is 4.23. The second-order valence-corrected chi connectivity index (χ2v) is 2.73. The summed E-state index contributed by atoms with van der Waals surface area (Å²) in [6.45, 7) is 0. The molecule has 0 fully saturated rings. The van der Waals surface area contributed by atoms with Crippen LogP contribution in [0.2, 0.25) is 0 Å². The summed E-state index contributed by atoms with van der Waals surface area (Å²) in [4.78, 5) is 0. The third kappa shape index (κ3) is 2.96. The van der Waals surface area contributed by atoms with Gasteiger partial charge in [-0.25, -0.2) is 0 Å². The first kappa shape index (κ1) is 10.9. The van der Waals surface area contributed by atoms with E-state index < -0.39 is 0 Å². The second-order valence-electron chi connectivity index (χ2n) is 2.73. The Hall–Kier alpha value is -1.16. The number of hydrogen-bond donors (Lipinski definition) is 0. The number of hydrogen-bond acceptors (Lipinski definition) is 1. The third-order valence-corrected chi connectivity index (χ3v) is 1.72. The topological polar surface area (TPSA) is 9.23 Å². The summed E-state index contributed by atoms with van der Waals surface area (Å²) in [5.74, 6) is 1.74. The van der Waals surface area contributed by atoms with Gasteiger partial charge in [0, 0.05) is 0 Å². The smallest absolute Gasteiger partial charge is 1.00 e. The molecule has 14 heavy (non-hydrogen) atoms. The first-order chi connectivity index (χ1) is 6.45. The molecular weight excluding hydrogens is 167 g/mol. The van der Waals surface area contributed by atoms with Crippen LogP contribution in [0.4, 0.5) is 0 Å². The van der Waals surface area contributed by atoms with Gasteiger partial charge in [0.15, 0.2) is 0 Å². The zero-order valence-corrected chi connectivity index (χ0v) is 8.18. The molecule has 0 aliphatic rings. The summed E-state index contributed by atoms with van der Waals surface area (Å²) >= 11 is 0. The van der Waals surface area contributed by atoms with Gasteiger partial charge in [0.25, 0.3) is 0 Å². The molecule has 2 aromatic carbocycles. The van der Waals surface area contributed by atoms with Gasteiger partial charge in [-0.05, 0) is 24.3 Å². The maximum Gasteiger partial charge on any atom is 1.00 e. The van der Waals surface area contributed by atoms with Gasteiger partial charge in [-0.1, -0.05) is 36.4 Å². The van der Waals surface area contributed by atoms with Crippen molar-refractivity contribution in [3.63, 3.8) is 0 Å². The Balaban J connectivity index is 0.000000980. The van der Waals surface area contributed by atoms with E-state index in [0.717, 1.165) is 11.5 Å². The maximum absolute atomic E-state index is 5.58. The van der Waals surface area contributed by atoms with Crippen molar-refractivity contribution in [1.29, 1.82) is 0 Å². The Morgan fingerprint density at radius 2 is 1.00 bits per heavy atom. The van der Waals surface area contributed by atoms with E-state index in [9.17, 15) is 0 Å². The summed E-state index contributed by atoms with van der Waals surface area (Å²) in [7, 11) is 0. The molecule has 0 atom stereocenters. The van der Waals surface area contributed by atoms with Crippen molar-refractivity contribution in [2.45, 2.75) is 0 Å². The van der Waals surface area contributed by atoms with Gasteiger partial charge in [-0.2, -0.15) is 0 Å². The van der Waals surface area contributed by atoms with Crippen LogP contribution in [0, 0.1) is 0 Å². The predicted molar refractivity (Wildman–Crippen MR) is 54.1 cm³/mol. The van der Waals surface area contributed by atoms with Crippen LogP contribution >= 0.6 is 0 Å². The average Bonchev–Trinajstić information content (AvgIpc) is 2.21. The standard InChI is InChI=1S/C12H10O.Li.H/c1-3-7-11(8-4-1)13-12-9-5-2-6-10-12;;/h1-10H;;/q;+1;-1. The fraction of sp³-hybridized carbons (Fsp3) is 0. The van der Waals surface area contributed by atoms with Gasteiger partial charge in [-0.3, -0.25) is 0 Å². The number of benzene rings is 2. The molecule has 0 spiro atoms. The number of ether oxygens (including phenoxy) is 1. The third-order valence-electron chi connectivity index (χ3n) is 1.72. The van der Waals surface area contributed by atoms with Crippen LogP contribution in [0.5, 0.6) is 11.5 Å². The van der Waals surface area contributed by atoms with E-state index in [2.05, 4.69) is 0 Å². The molecule has 0 aromatic heterocycles. The Kier molecular flexibility index (Phi) is 4.32. The fourth-order valence-corrected chi connectivity index (χ4v) is 1.11. The summed E-state index contributed by atoms with van der Waals surface area (Å²) in [6, 6.07) is 19.5. The van der Waals surface area contributed by atoms with Crippen molar-refractivity contribution < 1.29 is 25.0 Å². The summed E-state index contributed by atoms with van der Waals surface area (Å²) in [5.41, 5.74) is 0. The van der Waals surface area contributed by atoms with E-state index in [1.54, 1.807) is 0 Å². The van der Waals surface area contributed by atoms with Crippen molar-refractivity contribution in [3.8, 4) is 11.5 Å². The van der Waals surface area contributed by atoms with Gasteiger partial charge in [0.2, 0.25) is 0 Å². The summed E-state index contributed by atoms with van der Waals surface area (Å²) in [5, 5.41) is 0. The van der Waals surface area contributed by atoms with Crippen molar-refractivity contribution >= 4 is 0 Å². The zero-order chi connectivity index (χ0) is 8.93. The molecule has 1 nitrogen and oxygen atoms in total. The van der Waals surface area contributed by atoms with Crippen LogP contribution in [0.3, 0.4) is 0 Å². The Labute approximate surface area is 97.4 Å². The van der Waals surface area contributed by atoms with Crippen LogP contribution < -0.4 is 23.6 Å². The Morgan fingerprint density at radius 1 is 0.643 bits per heavy atom. The van der Waals surface area contributed by atoms with Crippen molar-refractivity contribution in [1.82, 2.24) is 0 Å². The van der Waals surface area contributed by atoms with Crippen LogP contribution in [0.15, 0.2) is 60.7 Å². The van der Waals surface area contributed by atoms with E-state index in [1.807, 2.05) is 60.7 Å².